The van der Waals surface area contributed by atoms with E-state index >= 15 is 0 Å². The molecule has 5 heteroatoms. The van der Waals surface area contributed by atoms with E-state index in [1.807, 2.05) is 11.4 Å². The van der Waals surface area contributed by atoms with Crippen molar-refractivity contribution in [2.75, 3.05) is 18.0 Å². The summed E-state index contributed by atoms with van der Waals surface area (Å²) in [6.45, 7) is 13.2. The highest BCUT2D eigenvalue weighted by Crippen LogP contribution is 2.27. The van der Waals surface area contributed by atoms with Gasteiger partial charge in [-0.1, -0.05) is 52.0 Å². The number of benzene rings is 1. The molecule has 0 saturated carbocycles. The van der Waals surface area contributed by atoms with Crippen molar-refractivity contribution in [1.82, 2.24) is 19.6 Å². The molecule has 3 heterocycles. The van der Waals surface area contributed by atoms with Crippen LogP contribution in [-0.4, -0.2) is 32.7 Å². The zero-order chi connectivity index (χ0) is 19.2. The molecule has 2 aromatic heterocycles. The van der Waals surface area contributed by atoms with Gasteiger partial charge in [-0.15, -0.1) is 5.10 Å². The van der Waals surface area contributed by atoms with Crippen LogP contribution in [0.15, 0.2) is 30.3 Å². The Bertz CT molecular complexity index is 941. The predicted molar refractivity (Wildman–Crippen MR) is 110 cm³/mol. The van der Waals surface area contributed by atoms with E-state index in [0.29, 0.717) is 5.78 Å². The number of hydrogen-bond acceptors (Lipinski definition) is 4. The second-order valence-corrected chi connectivity index (χ2v) is 8.90. The topological polar surface area (TPSA) is 46.3 Å². The average molecular weight is 364 g/mol. The Hall–Kier alpha value is -2.43. The van der Waals surface area contributed by atoms with Gasteiger partial charge in [0.05, 0.1) is 0 Å². The lowest BCUT2D eigenvalue weighted by atomic mass is 9.87. The number of fused-ring (bicyclic) bond motifs is 1. The van der Waals surface area contributed by atoms with Gasteiger partial charge in [-0.25, -0.2) is 4.98 Å². The lowest BCUT2D eigenvalue weighted by Crippen LogP contribution is -2.34. The van der Waals surface area contributed by atoms with Crippen LogP contribution in [0.2, 0.25) is 0 Å². The summed E-state index contributed by atoms with van der Waals surface area (Å²) < 4.78 is 1.91. The zero-order valence-corrected chi connectivity index (χ0v) is 17.0. The summed E-state index contributed by atoms with van der Waals surface area (Å²) >= 11 is 0. The van der Waals surface area contributed by atoms with Gasteiger partial charge < -0.3 is 4.90 Å². The van der Waals surface area contributed by atoms with Crippen molar-refractivity contribution in [3.05, 3.63) is 41.6 Å². The molecule has 0 unspecified atom stereocenters. The largest absolute Gasteiger partial charge is 0.356 e. The molecule has 0 bridgehead atoms. The summed E-state index contributed by atoms with van der Waals surface area (Å²) in [5, 5.41) is 4.81. The van der Waals surface area contributed by atoms with Gasteiger partial charge >= 0.3 is 0 Å². The Labute approximate surface area is 161 Å². The fourth-order valence-corrected chi connectivity index (χ4v) is 3.67. The van der Waals surface area contributed by atoms with E-state index in [4.69, 9.17) is 10.1 Å². The molecule has 142 valence electrons. The third-order valence-electron chi connectivity index (χ3n) is 5.54. The molecule has 27 heavy (non-hydrogen) atoms. The summed E-state index contributed by atoms with van der Waals surface area (Å²) in [4.78, 5) is 11.8. The molecule has 1 aromatic carbocycles. The van der Waals surface area contributed by atoms with Gasteiger partial charge in [0.25, 0.3) is 5.78 Å². The van der Waals surface area contributed by atoms with Gasteiger partial charge in [0.2, 0.25) is 0 Å². The highest BCUT2D eigenvalue weighted by Gasteiger charge is 2.21. The maximum Gasteiger partial charge on any atom is 0.254 e. The van der Waals surface area contributed by atoms with Gasteiger partial charge in [0.15, 0.2) is 5.82 Å². The van der Waals surface area contributed by atoms with Crippen molar-refractivity contribution in [3.8, 4) is 11.4 Å². The smallest absolute Gasteiger partial charge is 0.254 e. The van der Waals surface area contributed by atoms with E-state index in [1.54, 1.807) is 0 Å². The van der Waals surface area contributed by atoms with Crippen molar-refractivity contribution in [2.45, 2.75) is 52.9 Å². The molecule has 1 aliphatic heterocycles. The van der Waals surface area contributed by atoms with Crippen molar-refractivity contribution < 1.29 is 0 Å². The maximum atomic E-state index is 4.81. The second kappa shape index (κ2) is 6.63. The molecule has 1 fully saturated rings. The molecule has 4 rings (SSSR count). The maximum absolute atomic E-state index is 4.81. The van der Waals surface area contributed by atoms with Crippen molar-refractivity contribution >= 4 is 11.6 Å². The minimum Gasteiger partial charge on any atom is -0.356 e. The van der Waals surface area contributed by atoms with Crippen LogP contribution >= 0.6 is 0 Å². The summed E-state index contributed by atoms with van der Waals surface area (Å²) in [6.07, 6.45) is 2.44. The number of aromatic nitrogens is 4. The molecular weight excluding hydrogens is 334 g/mol. The number of aryl methyl sites for hydroxylation is 1. The highest BCUT2D eigenvalue weighted by atomic mass is 15.4. The third-order valence-corrected chi connectivity index (χ3v) is 5.54. The Balaban J connectivity index is 1.73. The lowest BCUT2D eigenvalue weighted by Gasteiger charge is -2.31. The normalized spacial score (nSPS) is 16.3. The minimum atomic E-state index is 0.141. The molecule has 0 atom stereocenters. The second-order valence-electron chi connectivity index (χ2n) is 8.90. The van der Waals surface area contributed by atoms with Crippen LogP contribution in [0.5, 0.6) is 0 Å². The van der Waals surface area contributed by atoms with Gasteiger partial charge in [0, 0.05) is 30.4 Å². The third kappa shape index (κ3) is 3.55. The number of anilines is 1. The van der Waals surface area contributed by atoms with E-state index in [2.05, 4.69) is 67.9 Å². The van der Waals surface area contributed by atoms with Crippen LogP contribution in [-0.2, 0) is 5.41 Å². The van der Waals surface area contributed by atoms with Crippen LogP contribution in [0.1, 0.15) is 51.8 Å². The van der Waals surface area contributed by atoms with Crippen molar-refractivity contribution in [1.29, 1.82) is 0 Å². The van der Waals surface area contributed by atoms with Gasteiger partial charge in [-0.05, 0) is 36.7 Å². The summed E-state index contributed by atoms with van der Waals surface area (Å²) in [7, 11) is 0. The van der Waals surface area contributed by atoms with Crippen LogP contribution in [0.3, 0.4) is 0 Å². The van der Waals surface area contributed by atoms with E-state index in [-0.39, 0.29) is 5.41 Å². The predicted octanol–water partition coefficient (Wildman–Crippen LogP) is 4.63. The molecule has 3 aromatic rings. The first-order chi connectivity index (χ1) is 12.8. The summed E-state index contributed by atoms with van der Waals surface area (Å²) in [5.41, 5.74) is 3.47. The van der Waals surface area contributed by atoms with Gasteiger partial charge in [-0.2, -0.15) is 9.50 Å². The van der Waals surface area contributed by atoms with Crippen LogP contribution in [0.25, 0.3) is 17.2 Å². The molecule has 1 saturated heterocycles. The molecule has 0 spiro atoms. The first kappa shape index (κ1) is 18.0. The Kier molecular flexibility index (Phi) is 4.41. The Morgan fingerprint density at radius 3 is 2.30 bits per heavy atom. The Morgan fingerprint density at radius 1 is 1.00 bits per heavy atom. The number of hydrogen-bond donors (Lipinski definition) is 0. The molecule has 0 amide bonds. The van der Waals surface area contributed by atoms with Crippen LogP contribution in [0.4, 0.5) is 5.82 Å². The zero-order valence-electron chi connectivity index (χ0n) is 17.0. The Morgan fingerprint density at radius 2 is 1.67 bits per heavy atom. The number of piperidine rings is 1. The van der Waals surface area contributed by atoms with Crippen LogP contribution < -0.4 is 4.90 Å². The molecule has 1 aliphatic rings. The van der Waals surface area contributed by atoms with Gasteiger partial charge in [-0.3, -0.25) is 0 Å². The van der Waals surface area contributed by atoms with Crippen molar-refractivity contribution in [2.24, 2.45) is 5.92 Å². The quantitative estimate of drug-likeness (QED) is 0.666. The molecular formula is C22H29N5. The van der Waals surface area contributed by atoms with Gasteiger partial charge in [0.1, 0.15) is 5.82 Å². The molecule has 0 radical (unpaired) electrons. The highest BCUT2D eigenvalue weighted by molar-refractivity contribution is 5.59. The molecule has 0 aliphatic carbocycles. The summed E-state index contributed by atoms with van der Waals surface area (Å²) in [6, 6.07) is 10.7. The fraction of sp³-hybridized carbons (Fsp3) is 0.500. The monoisotopic (exact) mass is 363 g/mol. The van der Waals surface area contributed by atoms with E-state index in [0.717, 1.165) is 41.9 Å². The van der Waals surface area contributed by atoms with E-state index in [1.165, 1.54) is 18.4 Å². The van der Waals surface area contributed by atoms with Crippen molar-refractivity contribution in [3.63, 3.8) is 0 Å². The molecule has 0 N–H and O–H groups in total. The molecule has 5 nitrogen and oxygen atoms in total. The van der Waals surface area contributed by atoms with Crippen LogP contribution in [0, 0.1) is 12.8 Å². The minimum absolute atomic E-state index is 0.141. The fourth-order valence-electron chi connectivity index (χ4n) is 3.67. The lowest BCUT2D eigenvalue weighted by molar-refractivity contribution is 0.435. The first-order valence-electron chi connectivity index (χ1n) is 9.91. The first-order valence-corrected chi connectivity index (χ1v) is 9.91. The SMILES string of the molecule is Cc1cc(N2CCC(C)CC2)n2nc(-c3ccc(C(C)(C)C)cc3)nc2n1. The average Bonchev–Trinajstić information content (AvgIpc) is 3.05. The van der Waals surface area contributed by atoms with E-state index < -0.39 is 0 Å². The number of nitrogens with zero attached hydrogens (tertiary/aromatic N) is 5. The van der Waals surface area contributed by atoms with E-state index in [9.17, 15) is 0 Å². The summed E-state index contributed by atoms with van der Waals surface area (Å²) in [5.74, 6) is 3.32. The number of rotatable bonds is 2. The standard InChI is InChI=1S/C22H29N5/c1-15-10-12-26(13-11-15)19-14-16(2)23-21-24-20(25-27(19)21)17-6-8-18(9-7-17)22(3,4)5/h6-9,14-15H,10-13H2,1-5H3.